The number of benzene rings is 2. The lowest BCUT2D eigenvalue weighted by molar-refractivity contribution is 0.0532. The second-order valence-corrected chi connectivity index (χ2v) is 6.36. The average molecular weight is 368 g/mol. The van der Waals surface area contributed by atoms with Gasteiger partial charge in [-0.25, -0.2) is 9.59 Å². The number of cyclic esters (lactones) is 1. The molecule has 0 aromatic heterocycles. The largest absolute Gasteiger partial charge is 0.507 e. The molecule has 0 atom stereocenters. The molecule has 1 aliphatic rings. The van der Waals surface area contributed by atoms with Crippen LogP contribution in [0.15, 0.2) is 30.3 Å². The first-order valence-corrected chi connectivity index (χ1v) is 8.44. The number of carboxylic acids is 1. The van der Waals surface area contributed by atoms with Crippen LogP contribution in [0.1, 0.15) is 49.9 Å². The van der Waals surface area contributed by atoms with E-state index < -0.39 is 11.9 Å². The van der Waals surface area contributed by atoms with E-state index in [-0.39, 0.29) is 29.9 Å². The summed E-state index contributed by atoms with van der Waals surface area (Å²) < 4.78 is 10.5. The van der Waals surface area contributed by atoms with Gasteiger partial charge >= 0.3 is 11.9 Å². The van der Waals surface area contributed by atoms with Crippen molar-refractivity contribution in [2.24, 2.45) is 0 Å². The Morgan fingerprint density at radius 1 is 1.30 bits per heavy atom. The molecular weight excluding hydrogens is 348 g/mol. The molecule has 0 saturated carbocycles. The topological polar surface area (TPSA) is 93.1 Å². The van der Waals surface area contributed by atoms with E-state index in [9.17, 15) is 19.8 Å². The Hall–Kier alpha value is -3.28. The van der Waals surface area contributed by atoms with Gasteiger partial charge in [0, 0.05) is 11.1 Å². The van der Waals surface area contributed by atoms with Crippen molar-refractivity contribution < 1.29 is 29.3 Å². The lowest BCUT2D eigenvalue weighted by atomic mass is 9.93. The number of ether oxygens (including phenoxy) is 2. The number of allylic oxidation sites excluding steroid dienone is 2. The van der Waals surface area contributed by atoms with Crippen molar-refractivity contribution in [3.8, 4) is 11.5 Å². The summed E-state index contributed by atoms with van der Waals surface area (Å²) in [5.74, 6) is -1.20. The van der Waals surface area contributed by atoms with Crippen LogP contribution < -0.4 is 4.74 Å². The molecule has 1 heterocycles. The molecule has 2 aromatic rings. The van der Waals surface area contributed by atoms with Crippen LogP contribution in [0, 0.1) is 6.92 Å². The van der Waals surface area contributed by atoms with Crippen molar-refractivity contribution in [1.82, 2.24) is 0 Å². The molecular formula is C21H20O6. The highest BCUT2D eigenvalue weighted by molar-refractivity contribution is 5.98. The summed E-state index contributed by atoms with van der Waals surface area (Å²) in [5, 5.41) is 20.0. The maximum Gasteiger partial charge on any atom is 0.342 e. The van der Waals surface area contributed by atoms with Gasteiger partial charge in [-0.2, -0.15) is 0 Å². The van der Waals surface area contributed by atoms with E-state index >= 15 is 0 Å². The second kappa shape index (κ2) is 7.15. The summed E-state index contributed by atoms with van der Waals surface area (Å²) in [7, 11) is 1.51. The van der Waals surface area contributed by atoms with Crippen LogP contribution in [0.4, 0.5) is 0 Å². The molecule has 0 fully saturated rings. The number of phenolic OH excluding ortho intramolecular Hbond substituents is 1. The van der Waals surface area contributed by atoms with Gasteiger partial charge in [0.25, 0.3) is 0 Å². The van der Waals surface area contributed by atoms with Gasteiger partial charge in [0.2, 0.25) is 0 Å². The summed E-state index contributed by atoms with van der Waals surface area (Å²) in [4.78, 5) is 23.4. The van der Waals surface area contributed by atoms with Crippen LogP contribution in [-0.2, 0) is 17.8 Å². The molecule has 0 amide bonds. The summed E-state index contributed by atoms with van der Waals surface area (Å²) in [6.07, 6.45) is 2.08. The first kappa shape index (κ1) is 18.5. The van der Waals surface area contributed by atoms with E-state index in [1.165, 1.54) is 7.11 Å². The molecule has 0 unspecified atom stereocenters. The maximum absolute atomic E-state index is 12.0. The predicted molar refractivity (Wildman–Crippen MR) is 99.3 cm³/mol. The highest BCUT2D eigenvalue weighted by atomic mass is 16.5. The molecule has 0 bridgehead atoms. The highest BCUT2D eigenvalue weighted by Gasteiger charge is 2.31. The number of fused-ring (bicyclic) bond motifs is 1. The number of aromatic carboxylic acids is 1. The number of carboxylic acid groups (broad SMARTS) is 1. The number of methoxy groups -OCH3 is 1. The van der Waals surface area contributed by atoms with Gasteiger partial charge < -0.3 is 19.7 Å². The van der Waals surface area contributed by atoms with Crippen LogP contribution in [-0.4, -0.2) is 29.3 Å². The van der Waals surface area contributed by atoms with Crippen molar-refractivity contribution in [3.63, 3.8) is 0 Å². The van der Waals surface area contributed by atoms with E-state index in [0.29, 0.717) is 22.4 Å². The smallest absolute Gasteiger partial charge is 0.342 e. The number of carbonyl (C=O) groups excluding carboxylic acids is 1. The Morgan fingerprint density at radius 2 is 1.96 bits per heavy atom. The molecule has 140 valence electrons. The van der Waals surface area contributed by atoms with Crippen LogP contribution >= 0.6 is 0 Å². The SMILES string of the molecule is COc1c(C)c2c(c(O)c1CC=C(C)c1ccccc1C(=O)O)C(=O)OC2. The Morgan fingerprint density at radius 3 is 2.59 bits per heavy atom. The standard InChI is InChI=1S/C21H20O6/c1-11(13-6-4-5-7-14(13)20(23)24)8-9-15-18(22)17-16(10-27-21(17)25)12(2)19(15)26-3/h4-8,22H,9-10H2,1-3H3,(H,23,24). The first-order chi connectivity index (χ1) is 12.9. The Labute approximate surface area is 156 Å². The van der Waals surface area contributed by atoms with E-state index in [0.717, 1.165) is 11.1 Å². The Bertz CT molecular complexity index is 971. The minimum Gasteiger partial charge on any atom is -0.507 e. The Balaban J connectivity index is 2.05. The monoisotopic (exact) mass is 368 g/mol. The van der Waals surface area contributed by atoms with Gasteiger partial charge in [-0.1, -0.05) is 24.3 Å². The maximum atomic E-state index is 12.0. The van der Waals surface area contributed by atoms with Gasteiger partial charge in [0.15, 0.2) is 0 Å². The van der Waals surface area contributed by atoms with Crippen LogP contribution in [0.25, 0.3) is 5.57 Å². The van der Waals surface area contributed by atoms with Crippen molar-refractivity contribution in [3.05, 3.63) is 63.7 Å². The third-order valence-electron chi connectivity index (χ3n) is 4.84. The quantitative estimate of drug-likeness (QED) is 0.781. The van der Waals surface area contributed by atoms with Gasteiger partial charge in [-0.05, 0) is 43.0 Å². The molecule has 0 spiro atoms. The zero-order valence-corrected chi connectivity index (χ0v) is 15.3. The van der Waals surface area contributed by atoms with Crippen molar-refractivity contribution in [1.29, 1.82) is 0 Å². The second-order valence-electron chi connectivity index (χ2n) is 6.36. The molecule has 2 N–H and O–H groups in total. The molecule has 0 aliphatic carbocycles. The number of phenols is 1. The number of aromatic hydroxyl groups is 1. The molecule has 0 radical (unpaired) electrons. The van der Waals surface area contributed by atoms with Crippen LogP contribution in [0.2, 0.25) is 0 Å². The lowest BCUT2D eigenvalue weighted by Crippen LogP contribution is -2.03. The van der Waals surface area contributed by atoms with E-state index in [1.807, 2.05) is 13.0 Å². The highest BCUT2D eigenvalue weighted by Crippen LogP contribution is 2.42. The molecule has 0 saturated heterocycles. The number of hydrogen-bond donors (Lipinski definition) is 2. The molecule has 6 nitrogen and oxygen atoms in total. The zero-order valence-electron chi connectivity index (χ0n) is 15.3. The Kier molecular flexibility index (Phi) is 4.90. The van der Waals surface area contributed by atoms with E-state index in [4.69, 9.17) is 9.47 Å². The lowest BCUT2D eigenvalue weighted by Gasteiger charge is -2.16. The van der Waals surface area contributed by atoms with Crippen LogP contribution in [0.3, 0.4) is 0 Å². The number of carbonyl (C=O) groups is 2. The number of rotatable bonds is 5. The first-order valence-electron chi connectivity index (χ1n) is 8.44. The normalized spacial score (nSPS) is 13.3. The average Bonchev–Trinajstić information content (AvgIpc) is 3.05. The van der Waals surface area contributed by atoms with Gasteiger partial charge in [-0.3, -0.25) is 0 Å². The fourth-order valence-corrected chi connectivity index (χ4v) is 3.41. The molecule has 2 aromatic carbocycles. The minimum atomic E-state index is -1.00. The third-order valence-corrected chi connectivity index (χ3v) is 4.84. The minimum absolute atomic E-state index is 0.116. The summed E-state index contributed by atoms with van der Waals surface area (Å²) >= 11 is 0. The molecule has 6 heteroatoms. The van der Waals surface area contributed by atoms with Gasteiger partial charge in [0.05, 0.1) is 12.7 Å². The van der Waals surface area contributed by atoms with Crippen molar-refractivity contribution in [2.75, 3.05) is 7.11 Å². The molecule has 27 heavy (non-hydrogen) atoms. The van der Waals surface area contributed by atoms with Crippen molar-refractivity contribution in [2.45, 2.75) is 26.9 Å². The third kappa shape index (κ3) is 3.14. The number of esters is 1. The van der Waals surface area contributed by atoms with Gasteiger partial charge in [-0.15, -0.1) is 0 Å². The molecule has 3 rings (SSSR count). The molecule has 1 aliphatic heterocycles. The predicted octanol–water partition coefficient (Wildman–Crippen LogP) is 3.72. The van der Waals surface area contributed by atoms with E-state index in [1.54, 1.807) is 31.2 Å². The summed E-state index contributed by atoms with van der Waals surface area (Å²) in [6.45, 7) is 3.74. The summed E-state index contributed by atoms with van der Waals surface area (Å²) in [6, 6.07) is 6.72. The van der Waals surface area contributed by atoms with Crippen molar-refractivity contribution >= 4 is 17.5 Å². The van der Waals surface area contributed by atoms with E-state index in [2.05, 4.69) is 0 Å². The number of hydrogen-bond acceptors (Lipinski definition) is 5. The fraction of sp³-hybridized carbons (Fsp3) is 0.238. The van der Waals surface area contributed by atoms with Gasteiger partial charge in [0.1, 0.15) is 23.7 Å². The summed E-state index contributed by atoms with van der Waals surface area (Å²) in [5.41, 5.74) is 3.59. The van der Waals surface area contributed by atoms with Crippen LogP contribution in [0.5, 0.6) is 11.5 Å². The fourth-order valence-electron chi connectivity index (χ4n) is 3.41. The zero-order chi connectivity index (χ0) is 19.7.